The van der Waals surface area contributed by atoms with Crippen molar-refractivity contribution < 1.29 is 4.79 Å². The molecule has 0 spiro atoms. The standard InChI is InChI=1S/C16H17Cl3N2OS/c17-12-7-14(19)15(8-13(12)18)23-9-10-3-1-2-4-11(10)16(22)21-6-5-20/h7-8,10-11H,1-4,6,9H2,(H,21,22)/t10-,11+/m0/s1. The SMILES string of the molecule is N#CCNC(=O)[C@@H]1CCCC[C@H]1CSc1cc(Cl)c(Cl)cc1Cl. The molecule has 23 heavy (non-hydrogen) atoms. The molecule has 0 heterocycles. The van der Waals surface area contributed by atoms with E-state index in [1.807, 2.05) is 6.07 Å². The second-order valence-electron chi connectivity index (χ2n) is 5.53. The van der Waals surface area contributed by atoms with Crippen LogP contribution in [0, 0.1) is 23.2 Å². The molecule has 0 unspecified atom stereocenters. The highest BCUT2D eigenvalue weighted by molar-refractivity contribution is 7.99. The highest BCUT2D eigenvalue weighted by Crippen LogP contribution is 2.39. The van der Waals surface area contributed by atoms with Crippen LogP contribution >= 0.6 is 46.6 Å². The van der Waals surface area contributed by atoms with Crippen molar-refractivity contribution in [1.82, 2.24) is 5.32 Å². The molecule has 1 aromatic carbocycles. The van der Waals surface area contributed by atoms with Gasteiger partial charge in [-0.15, -0.1) is 11.8 Å². The number of rotatable bonds is 5. The van der Waals surface area contributed by atoms with E-state index in [1.165, 1.54) is 0 Å². The summed E-state index contributed by atoms with van der Waals surface area (Å²) in [6, 6.07) is 5.36. The zero-order valence-corrected chi connectivity index (χ0v) is 15.5. The Morgan fingerprint density at radius 3 is 2.65 bits per heavy atom. The fourth-order valence-corrected chi connectivity index (χ4v) is 4.79. The molecule has 1 N–H and O–H groups in total. The van der Waals surface area contributed by atoms with Gasteiger partial charge in [0, 0.05) is 16.6 Å². The number of nitrogens with zero attached hydrogens (tertiary/aromatic N) is 1. The first kappa shape index (κ1) is 18.7. The van der Waals surface area contributed by atoms with Gasteiger partial charge in [-0.3, -0.25) is 4.79 Å². The van der Waals surface area contributed by atoms with Gasteiger partial charge in [-0.1, -0.05) is 47.6 Å². The molecule has 1 aromatic rings. The molecule has 0 bridgehead atoms. The Labute approximate surface area is 155 Å². The predicted molar refractivity (Wildman–Crippen MR) is 96.3 cm³/mol. The molecule has 1 aliphatic carbocycles. The van der Waals surface area contributed by atoms with Gasteiger partial charge in [0.2, 0.25) is 5.91 Å². The Balaban J connectivity index is 2.01. The highest BCUT2D eigenvalue weighted by Gasteiger charge is 2.30. The van der Waals surface area contributed by atoms with E-state index in [0.717, 1.165) is 36.3 Å². The molecule has 1 amide bonds. The van der Waals surface area contributed by atoms with Crippen molar-refractivity contribution in [2.75, 3.05) is 12.3 Å². The summed E-state index contributed by atoms with van der Waals surface area (Å²) >= 11 is 19.8. The summed E-state index contributed by atoms with van der Waals surface area (Å²) in [6.45, 7) is 0.0633. The fraction of sp³-hybridized carbons (Fsp3) is 0.500. The summed E-state index contributed by atoms with van der Waals surface area (Å²) in [6.07, 6.45) is 4.07. The molecule has 1 aliphatic rings. The van der Waals surface area contributed by atoms with E-state index >= 15 is 0 Å². The third kappa shape index (κ3) is 5.19. The molecule has 1 saturated carbocycles. The molecule has 0 aliphatic heterocycles. The van der Waals surface area contributed by atoms with Crippen LogP contribution in [0.3, 0.4) is 0 Å². The lowest BCUT2D eigenvalue weighted by Gasteiger charge is -2.30. The van der Waals surface area contributed by atoms with Crippen LogP contribution in [0.1, 0.15) is 25.7 Å². The quantitative estimate of drug-likeness (QED) is 0.427. The van der Waals surface area contributed by atoms with Crippen molar-refractivity contribution >= 4 is 52.5 Å². The third-order valence-electron chi connectivity index (χ3n) is 4.02. The van der Waals surface area contributed by atoms with Crippen molar-refractivity contribution in [3.63, 3.8) is 0 Å². The maximum Gasteiger partial charge on any atom is 0.224 e. The number of amides is 1. The van der Waals surface area contributed by atoms with Crippen molar-refractivity contribution in [1.29, 1.82) is 5.26 Å². The lowest BCUT2D eigenvalue weighted by Crippen LogP contribution is -2.37. The van der Waals surface area contributed by atoms with Gasteiger partial charge < -0.3 is 5.32 Å². The smallest absolute Gasteiger partial charge is 0.224 e. The summed E-state index contributed by atoms with van der Waals surface area (Å²) in [5.41, 5.74) is 0. The highest BCUT2D eigenvalue weighted by atomic mass is 35.5. The number of nitriles is 1. The van der Waals surface area contributed by atoms with Crippen molar-refractivity contribution in [3.8, 4) is 6.07 Å². The molecule has 2 rings (SSSR count). The first-order valence-electron chi connectivity index (χ1n) is 7.45. The molecule has 7 heteroatoms. The Hall–Kier alpha value is -0.600. The van der Waals surface area contributed by atoms with E-state index in [2.05, 4.69) is 5.32 Å². The van der Waals surface area contributed by atoms with Crippen molar-refractivity contribution in [2.45, 2.75) is 30.6 Å². The van der Waals surface area contributed by atoms with Gasteiger partial charge in [-0.2, -0.15) is 5.26 Å². The van der Waals surface area contributed by atoms with Gasteiger partial charge in [0.1, 0.15) is 6.54 Å². The lowest BCUT2D eigenvalue weighted by molar-refractivity contribution is -0.127. The molecule has 124 valence electrons. The van der Waals surface area contributed by atoms with E-state index in [4.69, 9.17) is 40.1 Å². The number of carbonyl (C=O) groups is 1. The maximum absolute atomic E-state index is 12.2. The van der Waals surface area contributed by atoms with E-state index in [9.17, 15) is 4.79 Å². The topological polar surface area (TPSA) is 52.9 Å². The van der Waals surface area contributed by atoms with Crippen LogP contribution in [0.5, 0.6) is 0 Å². The zero-order valence-electron chi connectivity index (χ0n) is 12.4. The van der Waals surface area contributed by atoms with Crippen LogP contribution in [-0.2, 0) is 4.79 Å². The van der Waals surface area contributed by atoms with Gasteiger partial charge >= 0.3 is 0 Å². The van der Waals surface area contributed by atoms with Crippen molar-refractivity contribution in [2.24, 2.45) is 11.8 Å². The molecule has 1 fully saturated rings. The molecule has 2 atom stereocenters. The normalized spacial score (nSPS) is 20.8. The Morgan fingerprint density at radius 2 is 1.91 bits per heavy atom. The van der Waals surface area contributed by atoms with Gasteiger partial charge in [-0.25, -0.2) is 0 Å². The van der Waals surface area contributed by atoms with Crippen LogP contribution in [0.15, 0.2) is 17.0 Å². The molecule has 3 nitrogen and oxygen atoms in total. The van der Waals surface area contributed by atoms with Crippen LogP contribution in [0.25, 0.3) is 0 Å². The molecular formula is C16H17Cl3N2OS. The first-order valence-corrected chi connectivity index (χ1v) is 9.57. The fourth-order valence-electron chi connectivity index (χ4n) is 2.82. The second kappa shape index (κ2) is 9.03. The summed E-state index contributed by atoms with van der Waals surface area (Å²) in [5.74, 6) is 1.02. The number of nitrogens with one attached hydrogen (secondary N) is 1. The molecule has 0 radical (unpaired) electrons. The number of thioether (sulfide) groups is 1. The number of halogens is 3. The second-order valence-corrected chi connectivity index (χ2v) is 7.82. The Bertz CT molecular complexity index is 618. The first-order chi connectivity index (χ1) is 11.0. The Morgan fingerprint density at radius 1 is 1.22 bits per heavy atom. The summed E-state index contributed by atoms with van der Waals surface area (Å²) < 4.78 is 0. The van der Waals surface area contributed by atoms with Crippen LogP contribution in [0.2, 0.25) is 15.1 Å². The minimum atomic E-state index is -0.0360. The molecular weight excluding hydrogens is 375 g/mol. The largest absolute Gasteiger partial charge is 0.343 e. The lowest BCUT2D eigenvalue weighted by atomic mass is 9.80. The van der Waals surface area contributed by atoms with Gasteiger partial charge in [0.05, 0.1) is 21.1 Å². The van der Waals surface area contributed by atoms with E-state index in [-0.39, 0.29) is 24.3 Å². The van der Waals surface area contributed by atoms with Crippen LogP contribution < -0.4 is 5.32 Å². The van der Waals surface area contributed by atoms with E-state index < -0.39 is 0 Å². The summed E-state index contributed by atoms with van der Waals surface area (Å²) in [5, 5.41) is 12.8. The number of hydrogen-bond donors (Lipinski definition) is 1. The number of benzene rings is 1. The van der Waals surface area contributed by atoms with Crippen LogP contribution in [0.4, 0.5) is 0 Å². The monoisotopic (exact) mass is 390 g/mol. The van der Waals surface area contributed by atoms with Crippen LogP contribution in [-0.4, -0.2) is 18.2 Å². The summed E-state index contributed by atoms with van der Waals surface area (Å²) in [7, 11) is 0. The number of hydrogen-bond acceptors (Lipinski definition) is 3. The minimum Gasteiger partial charge on any atom is -0.343 e. The Kier molecular flexibility index (Phi) is 7.36. The van der Waals surface area contributed by atoms with Crippen molar-refractivity contribution in [3.05, 3.63) is 27.2 Å². The maximum atomic E-state index is 12.2. The van der Waals surface area contributed by atoms with Gasteiger partial charge in [-0.05, 0) is 30.9 Å². The molecule has 0 aromatic heterocycles. The zero-order chi connectivity index (χ0) is 16.8. The minimum absolute atomic E-state index is 0.0166. The van der Waals surface area contributed by atoms with Gasteiger partial charge in [0.25, 0.3) is 0 Å². The average molecular weight is 392 g/mol. The average Bonchev–Trinajstić information content (AvgIpc) is 2.55. The summed E-state index contributed by atoms with van der Waals surface area (Å²) in [4.78, 5) is 13.1. The predicted octanol–water partition coefficient (Wildman–Crippen LogP) is 5.19. The third-order valence-corrected chi connectivity index (χ3v) is 6.41. The molecule has 0 saturated heterocycles. The number of carbonyl (C=O) groups excluding carboxylic acids is 1. The van der Waals surface area contributed by atoms with Gasteiger partial charge in [0.15, 0.2) is 0 Å². The van der Waals surface area contributed by atoms with E-state index in [1.54, 1.807) is 23.9 Å². The van der Waals surface area contributed by atoms with E-state index in [0.29, 0.717) is 15.1 Å².